The van der Waals surface area contributed by atoms with Gasteiger partial charge in [-0.15, -0.1) is 0 Å². The quantitative estimate of drug-likeness (QED) is 0.633. The zero-order valence-corrected chi connectivity index (χ0v) is 10.4. The van der Waals surface area contributed by atoms with Crippen molar-refractivity contribution in [2.45, 2.75) is 45.6 Å². The van der Waals surface area contributed by atoms with E-state index >= 15 is 0 Å². The van der Waals surface area contributed by atoms with Gasteiger partial charge in [-0.25, -0.2) is 8.42 Å². The Morgan fingerprint density at radius 1 is 1.07 bits per heavy atom. The van der Waals surface area contributed by atoms with E-state index in [1.165, 1.54) is 6.26 Å². The van der Waals surface area contributed by atoms with E-state index in [1.807, 2.05) is 0 Å². The molecule has 0 aromatic rings. The van der Waals surface area contributed by atoms with Crippen molar-refractivity contribution in [3.05, 3.63) is 0 Å². The Balaban J connectivity index is 3.15. The van der Waals surface area contributed by atoms with E-state index in [1.54, 1.807) is 0 Å². The largest absolute Gasteiger partial charge is 0.315 e. The molecule has 1 N–H and O–H groups in total. The van der Waals surface area contributed by atoms with Gasteiger partial charge in [-0.2, -0.15) is 0 Å². The normalized spacial score (nSPS) is 12.3. The lowest BCUT2D eigenvalue weighted by Gasteiger charge is -2.07. The predicted molar refractivity (Wildman–Crippen MR) is 61.3 cm³/mol. The maximum absolute atomic E-state index is 10.8. The molecule has 0 aliphatic rings. The van der Waals surface area contributed by atoms with Crippen LogP contribution in [0.3, 0.4) is 0 Å². The van der Waals surface area contributed by atoms with Crippen LogP contribution in [-0.2, 0) is 9.84 Å². The molecule has 0 bridgehead atoms. The highest BCUT2D eigenvalue weighted by molar-refractivity contribution is 7.90. The molecule has 0 atom stereocenters. The van der Waals surface area contributed by atoms with E-state index < -0.39 is 9.84 Å². The van der Waals surface area contributed by atoms with Gasteiger partial charge in [0, 0.05) is 18.1 Å². The summed E-state index contributed by atoms with van der Waals surface area (Å²) in [6.07, 6.45) is 5.39. The van der Waals surface area contributed by atoms with Crippen LogP contribution < -0.4 is 5.32 Å². The monoisotopic (exact) mass is 221 g/mol. The molecule has 4 heteroatoms. The number of hydrogen-bond acceptors (Lipinski definition) is 3. The summed E-state index contributed by atoms with van der Waals surface area (Å²) in [5.74, 6) is 0.338. The average molecular weight is 221 g/mol. The minimum Gasteiger partial charge on any atom is -0.315 e. The Labute approximate surface area is 88.2 Å². The highest BCUT2D eigenvalue weighted by Gasteiger charge is 2.00. The maximum atomic E-state index is 10.8. The summed E-state index contributed by atoms with van der Waals surface area (Å²) >= 11 is 0. The summed E-state index contributed by atoms with van der Waals surface area (Å²) in [6, 6.07) is 0.547. The molecule has 0 aliphatic carbocycles. The molecule has 0 rings (SSSR count). The summed E-state index contributed by atoms with van der Waals surface area (Å²) in [6.45, 7) is 5.30. The van der Waals surface area contributed by atoms with Crippen molar-refractivity contribution < 1.29 is 8.42 Å². The van der Waals surface area contributed by atoms with Crippen LogP contribution in [0.25, 0.3) is 0 Å². The molecule has 0 aromatic carbocycles. The molecule has 0 heterocycles. The molecule has 0 spiro atoms. The second kappa shape index (κ2) is 7.23. The van der Waals surface area contributed by atoms with E-state index in [4.69, 9.17) is 0 Å². The summed E-state index contributed by atoms with van der Waals surface area (Å²) in [5, 5.41) is 3.33. The Kier molecular flexibility index (Phi) is 7.19. The molecule has 3 nitrogen and oxygen atoms in total. The molecule has 0 aromatic heterocycles. The zero-order valence-electron chi connectivity index (χ0n) is 9.54. The van der Waals surface area contributed by atoms with Crippen molar-refractivity contribution >= 4 is 9.84 Å². The van der Waals surface area contributed by atoms with Gasteiger partial charge in [-0.1, -0.05) is 26.7 Å². The van der Waals surface area contributed by atoms with E-state index in [-0.39, 0.29) is 0 Å². The molecule has 0 fully saturated rings. The Bertz CT molecular complexity index is 222. The van der Waals surface area contributed by atoms with Crippen LogP contribution in [0, 0.1) is 0 Å². The SMILES string of the molecule is CC(C)NCCCCCCS(C)(=O)=O. The van der Waals surface area contributed by atoms with Crippen LogP contribution >= 0.6 is 0 Å². The van der Waals surface area contributed by atoms with Crippen molar-refractivity contribution in [3.63, 3.8) is 0 Å². The highest BCUT2D eigenvalue weighted by atomic mass is 32.2. The second-order valence-electron chi connectivity index (χ2n) is 4.15. The smallest absolute Gasteiger partial charge is 0.147 e. The van der Waals surface area contributed by atoms with Crippen LogP contribution in [0.4, 0.5) is 0 Å². The van der Waals surface area contributed by atoms with Crippen molar-refractivity contribution in [2.75, 3.05) is 18.6 Å². The molecule has 14 heavy (non-hydrogen) atoms. The standard InChI is InChI=1S/C10H23NO2S/c1-10(2)11-8-6-4-5-7-9-14(3,12)13/h10-11H,4-9H2,1-3H3. The lowest BCUT2D eigenvalue weighted by molar-refractivity contribution is 0.544. The van der Waals surface area contributed by atoms with Crippen LogP contribution in [0.1, 0.15) is 39.5 Å². The van der Waals surface area contributed by atoms with E-state index in [0.717, 1.165) is 32.2 Å². The van der Waals surface area contributed by atoms with Crippen molar-refractivity contribution in [1.29, 1.82) is 0 Å². The fourth-order valence-electron chi connectivity index (χ4n) is 1.23. The molecule has 0 unspecified atom stereocenters. The minimum absolute atomic E-state index is 0.338. The third-order valence-corrected chi connectivity index (χ3v) is 3.02. The third kappa shape index (κ3) is 11.9. The first-order valence-corrected chi connectivity index (χ1v) is 7.39. The molecule has 0 saturated heterocycles. The molecule has 86 valence electrons. The number of nitrogens with one attached hydrogen (secondary N) is 1. The topological polar surface area (TPSA) is 46.2 Å². The van der Waals surface area contributed by atoms with Gasteiger partial charge in [-0.3, -0.25) is 0 Å². The first-order chi connectivity index (χ1) is 6.42. The number of unbranched alkanes of at least 4 members (excludes halogenated alkanes) is 3. The van der Waals surface area contributed by atoms with E-state index in [2.05, 4.69) is 19.2 Å². The van der Waals surface area contributed by atoms with Gasteiger partial charge in [0.2, 0.25) is 0 Å². The van der Waals surface area contributed by atoms with Gasteiger partial charge >= 0.3 is 0 Å². The Morgan fingerprint density at radius 3 is 2.14 bits per heavy atom. The predicted octanol–water partition coefficient (Wildman–Crippen LogP) is 1.59. The highest BCUT2D eigenvalue weighted by Crippen LogP contribution is 2.01. The molecular weight excluding hydrogens is 198 g/mol. The molecule has 0 saturated carbocycles. The van der Waals surface area contributed by atoms with Crippen LogP contribution in [-0.4, -0.2) is 33.0 Å². The Morgan fingerprint density at radius 2 is 1.64 bits per heavy atom. The lowest BCUT2D eigenvalue weighted by atomic mass is 10.2. The fourth-order valence-corrected chi connectivity index (χ4v) is 1.96. The third-order valence-electron chi connectivity index (χ3n) is 1.99. The van der Waals surface area contributed by atoms with E-state index in [0.29, 0.717) is 11.8 Å². The first kappa shape index (κ1) is 13.9. The van der Waals surface area contributed by atoms with Gasteiger partial charge in [0.15, 0.2) is 0 Å². The van der Waals surface area contributed by atoms with Gasteiger partial charge < -0.3 is 5.32 Å². The maximum Gasteiger partial charge on any atom is 0.147 e. The van der Waals surface area contributed by atoms with E-state index in [9.17, 15) is 8.42 Å². The van der Waals surface area contributed by atoms with Crippen molar-refractivity contribution in [2.24, 2.45) is 0 Å². The van der Waals surface area contributed by atoms with Crippen molar-refractivity contribution in [1.82, 2.24) is 5.32 Å². The van der Waals surface area contributed by atoms with Gasteiger partial charge in [-0.05, 0) is 19.4 Å². The minimum atomic E-state index is -2.75. The fraction of sp³-hybridized carbons (Fsp3) is 1.00. The number of hydrogen-bond donors (Lipinski definition) is 1. The zero-order chi connectivity index (χ0) is 11.0. The lowest BCUT2D eigenvalue weighted by Crippen LogP contribution is -2.23. The van der Waals surface area contributed by atoms with Crippen LogP contribution in [0.15, 0.2) is 0 Å². The van der Waals surface area contributed by atoms with Crippen molar-refractivity contribution in [3.8, 4) is 0 Å². The molecule has 0 amide bonds. The second-order valence-corrected chi connectivity index (χ2v) is 6.41. The first-order valence-electron chi connectivity index (χ1n) is 5.33. The van der Waals surface area contributed by atoms with Crippen LogP contribution in [0.2, 0.25) is 0 Å². The summed E-state index contributed by atoms with van der Waals surface area (Å²) in [7, 11) is -2.75. The Hall–Kier alpha value is -0.0900. The summed E-state index contributed by atoms with van der Waals surface area (Å²) < 4.78 is 21.6. The summed E-state index contributed by atoms with van der Waals surface area (Å²) in [5.41, 5.74) is 0. The number of rotatable bonds is 8. The summed E-state index contributed by atoms with van der Waals surface area (Å²) in [4.78, 5) is 0. The van der Waals surface area contributed by atoms with Gasteiger partial charge in [0.25, 0.3) is 0 Å². The van der Waals surface area contributed by atoms with Gasteiger partial charge in [0.05, 0.1) is 0 Å². The molecule has 0 radical (unpaired) electrons. The average Bonchev–Trinajstić information content (AvgIpc) is 2.00. The molecule has 0 aliphatic heterocycles. The van der Waals surface area contributed by atoms with Crippen LogP contribution in [0.5, 0.6) is 0 Å². The molecular formula is C10H23NO2S. The number of sulfone groups is 1. The van der Waals surface area contributed by atoms with Gasteiger partial charge in [0.1, 0.15) is 9.84 Å².